The Morgan fingerprint density at radius 1 is 1.06 bits per heavy atom. The molecule has 9 nitrogen and oxygen atoms in total. The standard InChI is InChI=1S/C18H15ClF3N7O2S/c1-2-23-13-4-11(27-8-28-13)16(30)26-7-15-25-6-12(32-15)17(31)29-14-3-9(18(20,21)22)10(19)5-24-14/h3-6,8H,2,7H2,1H3,(H,26,30)(H,23,27,28)(H,24,29,31). The molecule has 0 aliphatic heterocycles. The maximum absolute atomic E-state index is 12.9. The molecule has 3 heterocycles. The van der Waals surface area contributed by atoms with Gasteiger partial charge in [0.2, 0.25) is 0 Å². The first-order valence-corrected chi connectivity index (χ1v) is 10.2. The number of amides is 2. The van der Waals surface area contributed by atoms with Crippen molar-refractivity contribution in [3.63, 3.8) is 0 Å². The van der Waals surface area contributed by atoms with Crippen molar-refractivity contribution in [2.45, 2.75) is 19.6 Å². The molecule has 2 amide bonds. The van der Waals surface area contributed by atoms with E-state index < -0.39 is 28.6 Å². The number of hydrogen-bond donors (Lipinski definition) is 3. The van der Waals surface area contributed by atoms with Crippen LogP contribution < -0.4 is 16.0 Å². The summed E-state index contributed by atoms with van der Waals surface area (Å²) in [6.45, 7) is 2.54. The van der Waals surface area contributed by atoms with Gasteiger partial charge in [-0.05, 0) is 13.0 Å². The maximum Gasteiger partial charge on any atom is 0.418 e. The van der Waals surface area contributed by atoms with Gasteiger partial charge in [0.1, 0.15) is 33.5 Å². The van der Waals surface area contributed by atoms with Crippen LogP contribution in [0.5, 0.6) is 0 Å². The molecular weight excluding hydrogens is 471 g/mol. The van der Waals surface area contributed by atoms with E-state index in [4.69, 9.17) is 11.6 Å². The molecule has 3 N–H and O–H groups in total. The third kappa shape index (κ3) is 5.88. The van der Waals surface area contributed by atoms with E-state index in [1.165, 1.54) is 18.6 Å². The monoisotopic (exact) mass is 485 g/mol. The molecule has 0 atom stereocenters. The SMILES string of the molecule is CCNc1cc(C(=O)NCc2ncc(C(=O)Nc3cc(C(F)(F)F)c(Cl)cn3)s2)ncn1. The van der Waals surface area contributed by atoms with Crippen molar-refractivity contribution in [2.75, 3.05) is 17.2 Å². The van der Waals surface area contributed by atoms with Crippen LogP contribution >= 0.6 is 22.9 Å². The molecule has 0 spiro atoms. The number of nitrogens with zero attached hydrogens (tertiary/aromatic N) is 4. The maximum atomic E-state index is 12.9. The van der Waals surface area contributed by atoms with Crippen LogP contribution in [0.3, 0.4) is 0 Å². The molecule has 0 aliphatic carbocycles. The van der Waals surface area contributed by atoms with Crippen LogP contribution in [0.2, 0.25) is 5.02 Å². The lowest BCUT2D eigenvalue weighted by atomic mass is 10.2. The Bertz CT molecular complexity index is 1140. The summed E-state index contributed by atoms with van der Waals surface area (Å²) in [5.41, 5.74) is -0.959. The van der Waals surface area contributed by atoms with Crippen LogP contribution in [0.4, 0.5) is 24.8 Å². The van der Waals surface area contributed by atoms with Gasteiger partial charge in [-0.25, -0.2) is 19.9 Å². The number of rotatable bonds is 7. The lowest BCUT2D eigenvalue weighted by molar-refractivity contribution is -0.137. The third-order valence-corrected chi connectivity index (χ3v) is 5.13. The first-order valence-electron chi connectivity index (χ1n) is 9.00. The van der Waals surface area contributed by atoms with Gasteiger partial charge in [0.05, 0.1) is 23.3 Å². The number of pyridine rings is 1. The minimum atomic E-state index is -4.69. The molecule has 3 aromatic heterocycles. The Labute approximate surface area is 188 Å². The van der Waals surface area contributed by atoms with Crippen molar-refractivity contribution >= 4 is 46.4 Å². The zero-order valence-corrected chi connectivity index (χ0v) is 17.9. The van der Waals surface area contributed by atoms with Crippen molar-refractivity contribution in [2.24, 2.45) is 0 Å². The number of hydrogen-bond acceptors (Lipinski definition) is 8. The van der Waals surface area contributed by atoms with Crippen molar-refractivity contribution in [3.8, 4) is 0 Å². The molecule has 3 rings (SSSR count). The Morgan fingerprint density at radius 2 is 1.84 bits per heavy atom. The number of alkyl halides is 3. The second-order valence-corrected chi connectivity index (χ2v) is 7.64. The third-order valence-electron chi connectivity index (χ3n) is 3.84. The largest absolute Gasteiger partial charge is 0.418 e. The van der Waals surface area contributed by atoms with Gasteiger partial charge in [-0.15, -0.1) is 11.3 Å². The summed E-state index contributed by atoms with van der Waals surface area (Å²) in [7, 11) is 0. The number of carbonyl (C=O) groups excluding carboxylic acids is 2. The smallest absolute Gasteiger partial charge is 0.370 e. The van der Waals surface area contributed by atoms with Crippen molar-refractivity contribution in [3.05, 3.63) is 57.0 Å². The van der Waals surface area contributed by atoms with Gasteiger partial charge in [0.15, 0.2) is 0 Å². The first kappa shape index (κ1) is 23.3. The Hall–Kier alpha value is -3.32. The normalized spacial score (nSPS) is 11.2. The lowest BCUT2D eigenvalue weighted by Crippen LogP contribution is -2.24. The van der Waals surface area contributed by atoms with Gasteiger partial charge in [-0.2, -0.15) is 13.2 Å². The summed E-state index contributed by atoms with van der Waals surface area (Å²) in [6, 6.07) is 2.14. The van der Waals surface area contributed by atoms with E-state index in [9.17, 15) is 22.8 Å². The van der Waals surface area contributed by atoms with Crippen LogP contribution in [0.15, 0.2) is 30.9 Å². The van der Waals surface area contributed by atoms with Crippen molar-refractivity contribution in [1.29, 1.82) is 0 Å². The molecule has 168 valence electrons. The molecule has 0 radical (unpaired) electrons. The van der Waals surface area contributed by atoms with Crippen LogP contribution in [-0.2, 0) is 12.7 Å². The number of thiazole rings is 1. The highest BCUT2D eigenvalue weighted by atomic mass is 35.5. The highest BCUT2D eigenvalue weighted by Gasteiger charge is 2.34. The predicted molar refractivity (Wildman–Crippen MR) is 112 cm³/mol. The molecular formula is C18H15ClF3N7O2S. The number of aromatic nitrogens is 4. The minimum absolute atomic E-state index is 0.0226. The van der Waals surface area contributed by atoms with Gasteiger partial charge >= 0.3 is 6.18 Å². The number of anilines is 2. The minimum Gasteiger partial charge on any atom is -0.370 e. The first-order chi connectivity index (χ1) is 15.2. The van der Waals surface area contributed by atoms with E-state index in [-0.39, 0.29) is 22.9 Å². The van der Waals surface area contributed by atoms with E-state index in [0.717, 1.165) is 17.5 Å². The van der Waals surface area contributed by atoms with Gasteiger partial charge in [0, 0.05) is 18.8 Å². The van der Waals surface area contributed by atoms with Gasteiger partial charge < -0.3 is 16.0 Å². The van der Waals surface area contributed by atoms with E-state index in [0.29, 0.717) is 23.4 Å². The summed E-state index contributed by atoms with van der Waals surface area (Å²) in [5.74, 6) is -0.965. The molecule has 0 fully saturated rings. The average Bonchev–Trinajstić information content (AvgIpc) is 3.22. The molecule has 0 saturated heterocycles. The molecule has 3 aromatic rings. The molecule has 0 aliphatic rings. The zero-order chi connectivity index (χ0) is 23.3. The van der Waals surface area contributed by atoms with Crippen molar-refractivity contribution < 1.29 is 22.8 Å². The summed E-state index contributed by atoms with van der Waals surface area (Å²) >= 11 is 6.48. The molecule has 0 saturated carbocycles. The zero-order valence-electron chi connectivity index (χ0n) is 16.3. The van der Waals surface area contributed by atoms with E-state index in [1.54, 1.807) is 0 Å². The summed E-state index contributed by atoms with van der Waals surface area (Å²) in [4.78, 5) is 40.3. The second kappa shape index (κ2) is 9.87. The molecule has 0 aromatic carbocycles. The highest BCUT2D eigenvalue weighted by molar-refractivity contribution is 7.13. The van der Waals surface area contributed by atoms with Crippen LogP contribution in [0, 0.1) is 0 Å². The summed E-state index contributed by atoms with van der Waals surface area (Å²) in [5, 5.41) is 7.69. The Balaban J connectivity index is 1.61. The summed E-state index contributed by atoms with van der Waals surface area (Å²) in [6.07, 6.45) is -1.38. The molecule has 14 heteroatoms. The fourth-order valence-corrected chi connectivity index (χ4v) is 3.37. The highest BCUT2D eigenvalue weighted by Crippen LogP contribution is 2.35. The molecule has 0 bridgehead atoms. The van der Waals surface area contributed by atoms with E-state index >= 15 is 0 Å². The predicted octanol–water partition coefficient (Wildman–Crippen LogP) is 3.61. The van der Waals surface area contributed by atoms with Crippen LogP contribution in [-0.4, -0.2) is 38.3 Å². The molecule has 32 heavy (non-hydrogen) atoms. The fourth-order valence-electron chi connectivity index (χ4n) is 2.40. The molecule has 0 unspecified atom stereocenters. The van der Waals surface area contributed by atoms with Gasteiger partial charge in [-0.3, -0.25) is 9.59 Å². The Kier molecular flexibility index (Phi) is 7.20. The second-order valence-electron chi connectivity index (χ2n) is 6.12. The summed E-state index contributed by atoms with van der Waals surface area (Å²) < 4.78 is 38.8. The average molecular weight is 486 g/mol. The topological polar surface area (TPSA) is 122 Å². The van der Waals surface area contributed by atoms with Crippen LogP contribution in [0.1, 0.15) is 37.7 Å². The quantitative estimate of drug-likeness (QED) is 0.467. The fraction of sp³-hybridized carbons (Fsp3) is 0.222. The Morgan fingerprint density at radius 3 is 2.56 bits per heavy atom. The van der Waals surface area contributed by atoms with E-state index in [2.05, 4.69) is 35.9 Å². The lowest BCUT2D eigenvalue weighted by Gasteiger charge is -2.10. The number of halogens is 4. The number of nitrogens with one attached hydrogen (secondary N) is 3. The van der Waals surface area contributed by atoms with Crippen LogP contribution in [0.25, 0.3) is 0 Å². The number of carbonyl (C=O) groups is 2. The van der Waals surface area contributed by atoms with Gasteiger partial charge in [0.25, 0.3) is 11.8 Å². The van der Waals surface area contributed by atoms with E-state index in [1.807, 2.05) is 6.92 Å². The van der Waals surface area contributed by atoms with Gasteiger partial charge in [-0.1, -0.05) is 11.6 Å². The van der Waals surface area contributed by atoms with Crippen molar-refractivity contribution in [1.82, 2.24) is 25.3 Å².